The Morgan fingerprint density at radius 3 is 2.41 bits per heavy atom. The van der Waals surface area contributed by atoms with Crippen molar-refractivity contribution in [3.8, 4) is 0 Å². The predicted octanol–water partition coefficient (Wildman–Crippen LogP) is 3.46. The molecule has 0 heterocycles. The van der Waals surface area contributed by atoms with Gasteiger partial charge in [0.15, 0.2) is 6.10 Å². The van der Waals surface area contributed by atoms with Crippen LogP contribution in [0.3, 0.4) is 0 Å². The Bertz CT molecular complexity index is 1060. The number of hydrogen-bond donors (Lipinski definition) is 1. The molecule has 0 aromatic heterocycles. The second-order valence-electron chi connectivity index (χ2n) is 7.81. The molecule has 1 amide bonds. The molecule has 3 rings (SSSR count). The van der Waals surface area contributed by atoms with E-state index in [4.69, 9.17) is 4.74 Å². The van der Waals surface area contributed by atoms with Gasteiger partial charge < -0.3 is 10.1 Å². The highest BCUT2D eigenvalue weighted by Gasteiger charge is 2.26. The fraction of sp³-hybridized carbons (Fsp3) is 0.417. The van der Waals surface area contributed by atoms with Gasteiger partial charge in [-0.15, -0.1) is 0 Å². The normalized spacial score (nSPS) is 16.8. The number of carbonyl (C=O) groups is 2. The summed E-state index contributed by atoms with van der Waals surface area (Å²) in [6.07, 6.45) is 1.84. The first-order valence-corrected chi connectivity index (χ1v) is 12.4. The molecule has 0 saturated carbocycles. The third-order valence-corrected chi connectivity index (χ3v) is 7.84. The van der Waals surface area contributed by atoms with Crippen molar-refractivity contribution in [2.75, 3.05) is 13.1 Å². The van der Waals surface area contributed by atoms with Crippen molar-refractivity contribution in [2.45, 2.75) is 57.1 Å². The van der Waals surface area contributed by atoms with Gasteiger partial charge in [-0.1, -0.05) is 38.1 Å². The van der Waals surface area contributed by atoms with Crippen molar-refractivity contribution in [3.05, 3.63) is 65.2 Å². The van der Waals surface area contributed by atoms with Gasteiger partial charge >= 0.3 is 5.97 Å². The van der Waals surface area contributed by atoms with Crippen LogP contribution in [0.5, 0.6) is 0 Å². The van der Waals surface area contributed by atoms with Crippen molar-refractivity contribution in [1.29, 1.82) is 0 Å². The third kappa shape index (κ3) is 5.19. The van der Waals surface area contributed by atoms with E-state index in [0.29, 0.717) is 13.1 Å². The number of esters is 1. The van der Waals surface area contributed by atoms with E-state index < -0.39 is 22.1 Å². The van der Waals surface area contributed by atoms with E-state index in [-0.39, 0.29) is 22.4 Å². The molecular formula is C24H30N2O5S. The zero-order chi connectivity index (χ0) is 23.3. The molecule has 0 spiro atoms. The second kappa shape index (κ2) is 10.3. The summed E-state index contributed by atoms with van der Waals surface area (Å²) in [5, 5.41) is 2.98. The van der Waals surface area contributed by atoms with Gasteiger partial charge in [0.2, 0.25) is 10.0 Å². The lowest BCUT2D eigenvalue weighted by Gasteiger charge is -2.27. The summed E-state index contributed by atoms with van der Waals surface area (Å²) in [4.78, 5) is 25.2. The molecule has 7 nitrogen and oxygen atoms in total. The highest BCUT2D eigenvalue weighted by molar-refractivity contribution is 7.89. The maximum Gasteiger partial charge on any atom is 0.338 e. The van der Waals surface area contributed by atoms with E-state index in [1.807, 2.05) is 18.2 Å². The number of benzene rings is 2. The van der Waals surface area contributed by atoms with E-state index in [0.717, 1.165) is 24.8 Å². The molecule has 1 aliphatic carbocycles. The average Bonchev–Trinajstić information content (AvgIpc) is 2.80. The van der Waals surface area contributed by atoms with Crippen LogP contribution in [-0.4, -0.2) is 43.8 Å². The minimum Gasteiger partial charge on any atom is -0.449 e. The number of hydrogen-bond acceptors (Lipinski definition) is 5. The molecule has 2 atom stereocenters. The first kappa shape index (κ1) is 23.9. The highest BCUT2D eigenvalue weighted by atomic mass is 32.2. The summed E-state index contributed by atoms with van der Waals surface area (Å²) in [7, 11) is -3.60. The molecule has 1 N–H and O–H groups in total. The van der Waals surface area contributed by atoms with Crippen LogP contribution in [0.1, 0.15) is 61.1 Å². The fourth-order valence-electron chi connectivity index (χ4n) is 3.95. The quantitative estimate of drug-likeness (QED) is 0.612. The van der Waals surface area contributed by atoms with Gasteiger partial charge in [0.25, 0.3) is 5.91 Å². The number of rotatable bonds is 8. The molecule has 2 aromatic carbocycles. The number of ether oxygens (including phenoxy) is 1. The van der Waals surface area contributed by atoms with Crippen molar-refractivity contribution >= 4 is 21.9 Å². The Morgan fingerprint density at radius 1 is 1.09 bits per heavy atom. The van der Waals surface area contributed by atoms with E-state index in [1.165, 1.54) is 41.1 Å². The molecule has 0 saturated heterocycles. The molecule has 172 valence electrons. The lowest BCUT2D eigenvalue weighted by Crippen LogP contribution is -2.39. The number of nitrogens with zero attached hydrogens (tertiary/aromatic N) is 1. The van der Waals surface area contributed by atoms with E-state index in [2.05, 4.69) is 11.4 Å². The SMILES string of the molecule is CCN(CC)S(=O)(=O)c1ccc(C(=O)OC(C)C(=O)NC2CCCc3ccccc32)cc1. The summed E-state index contributed by atoms with van der Waals surface area (Å²) in [5.41, 5.74) is 2.52. The van der Waals surface area contributed by atoms with Gasteiger partial charge in [0.1, 0.15) is 0 Å². The number of nitrogens with one attached hydrogen (secondary N) is 1. The van der Waals surface area contributed by atoms with Gasteiger partial charge in [-0.2, -0.15) is 4.31 Å². The summed E-state index contributed by atoms with van der Waals surface area (Å²) < 4.78 is 31.8. The van der Waals surface area contributed by atoms with Gasteiger partial charge in [0, 0.05) is 13.1 Å². The second-order valence-corrected chi connectivity index (χ2v) is 9.75. The molecule has 0 radical (unpaired) electrons. The summed E-state index contributed by atoms with van der Waals surface area (Å²) in [5.74, 6) is -1.04. The van der Waals surface area contributed by atoms with E-state index in [1.54, 1.807) is 13.8 Å². The van der Waals surface area contributed by atoms with E-state index >= 15 is 0 Å². The lowest BCUT2D eigenvalue weighted by molar-refractivity contribution is -0.130. The maximum atomic E-state index is 12.6. The van der Waals surface area contributed by atoms with Gasteiger partial charge in [-0.05, 0) is 61.6 Å². The largest absolute Gasteiger partial charge is 0.449 e. The van der Waals surface area contributed by atoms with Crippen LogP contribution in [0.4, 0.5) is 0 Å². The molecule has 1 aliphatic rings. The molecule has 8 heteroatoms. The van der Waals surface area contributed by atoms with Crippen LogP contribution >= 0.6 is 0 Å². The van der Waals surface area contributed by atoms with Crippen LogP contribution in [0, 0.1) is 0 Å². The predicted molar refractivity (Wildman–Crippen MR) is 122 cm³/mol. The maximum absolute atomic E-state index is 12.6. The first-order valence-electron chi connectivity index (χ1n) is 11.0. The Balaban J connectivity index is 1.63. The molecular weight excluding hydrogens is 428 g/mol. The number of carbonyl (C=O) groups excluding carboxylic acids is 2. The number of aryl methyl sites for hydroxylation is 1. The third-order valence-electron chi connectivity index (χ3n) is 5.77. The fourth-order valence-corrected chi connectivity index (χ4v) is 5.41. The monoisotopic (exact) mass is 458 g/mol. The van der Waals surface area contributed by atoms with Gasteiger partial charge in [-0.25, -0.2) is 13.2 Å². The van der Waals surface area contributed by atoms with Crippen LogP contribution in [-0.2, 0) is 26.0 Å². The van der Waals surface area contributed by atoms with E-state index in [9.17, 15) is 18.0 Å². The van der Waals surface area contributed by atoms with Gasteiger partial charge in [-0.3, -0.25) is 4.79 Å². The number of amides is 1. The first-order chi connectivity index (χ1) is 15.3. The highest BCUT2D eigenvalue weighted by Crippen LogP contribution is 2.29. The molecule has 32 heavy (non-hydrogen) atoms. The molecule has 2 aromatic rings. The summed E-state index contributed by atoms with van der Waals surface area (Å²) >= 11 is 0. The van der Waals surface area contributed by atoms with Crippen molar-refractivity contribution in [1.82, 2.24) is 9.62 Å². The Hall–Kier alpha value is -2.71. The van der Waals surface area contributed by atoms with Crippen LogP contribution in [0.25, 0.3) is 0 Å². The van der Waals surface area contributed by atoms with Crippen LogP contribution in [0.15, 0.2) is 53.4 Å². The summed E-state index contributed by atoms with van der Waals surface area (Å²) in [6, 6.07) is 13.5. The van der Waals surface area contributed by atoms with Crippen molar-refractivity contribution in [3.63, 3.8) is 0 Å². The number of fused-ring (bicyclic) bond motifs is 1. The lowest BCUT2D eigenvalue weighted by atomic mass is 9.87. The Morgan fingerprint density at radius 2 is 1.75 bits per heavy atom. The standard InChI is InChI=1S/C24H30N2O5S/c1-4-26(5-2)32(29,30)20-15-13-19(14-16-20)24(28)31-17(3)23(27)25-22-12-8-10-18-9-6-7-11-21(18)22/h6-7,9,11,13-17,22H,4-5,8,10,12H2,1-3H3,(H,25,27). The summed E-state index contributed by atoms with van der Waals surface area (Å²) in [6.45, 7) is 5.79. The Labute approximate surface area is 189 Å². The minimum absolute atomic E-state index is 0.0989. The van der Waals surface area contributed by atoms with Crippen molar-refractivity contribution in [2.24, 2.45) is 0 Å². The molecule has 0 aliphatic heterocycles. The zero-order valence-electron chi connectivity index (χ0n) is 18.7. The zero-order valence-corrected chi connectivity index (χ0v) is 19.5. The molecule has 2 unspecified atom stereocenters. The van der Waals surface area contributed by atoms with Gasteiger partial charge in [0.05, 0.1) is 16.5 Å². The van der Waals surface area contributed by atoms with Crippen LogP contribution < -0.4 is 5.32 Å². The Kier molecular flexibility index (Phi) is 7.69. The van der Waals surface area contributed by atoms with Crippen LogP contribution in [0.2, 0.25) is 0 Å². The van der Waals surface area contributed by atoms with Crippen molar-refractivity contribution < 1.29 is 22.7 Å². The topological polar surface area (TPSA) is 92.8 Å². The minimum atomic E-state index is -3.60. The smallest absolute Gasteiger partial charge is 0.338 e. The molecule has 0 fully saturated rings. The molecule has 0 bridgehead atoms. The average molecular weight is 459 g/mol. The number of sulfonamides is 1.